The third-order valence-electron chi connectivity index (χ3n) is 1.98. The van der Waals surface area contributed by atoms with E-state index in [1.807, 2.05) is 0 Å². The van der Waals surface area contributed by atoms with E-state index in [9.17, 15) is 4.79 Å². The Balaban J connectivity index is 2.62. The van der Waals surface area contributed by atoms with Crippen LogP contribution in [0.4, 0.5) is 0 Å². The maximum absolute atomic E-state index is 11.2. The van der Waals surface area contributed by atoms with Crippen molar-refractivity contribution in [2.24, 2.45) is 0 Å². The van der Waals surface area contributed by atoms with E-state index in [1.165, 1.54) is 7.11 Å². The molecule has 0 bridgehead atoms. The van der Waals surface area contributed by atoms with E-state index in [4.69, 9.17) is 12.2 Å². The monoisotopic (exact) mass is 252 g/mol. The first-order valence-corrected chi connectivity index (χ1v) is 5.33. The van der Waals surface area contributed by atoms with Crippen LogP contribution in [0.25, 0.3) is 0 Å². The molecule has 0 aliphatic rings. The molecule has 0 unspecified atom stereocenters. The Morgan fingerprint density at radius 1 is 1.41 bits per heavy atom. The third-order valence-corrected chi connectivity index (χ3v) is 2.29. The highest BCUT2D eigenvalue weighted by Crippen LogP contribution is 2.02. The fraction of sp³-hybridized carbons (Fsp3) is 0.182. The molecule has 0 aliphatic heterocycles. The molecular weight excluding hydrogens is 238 g/mol. The SMILES string of the molecule is CNC(=S)N[NH+]=Cc1ccc(C(=O)OC)cc1. The molecule has 0 heterocycles. The van der Waals surface area contributed by atoms with Crippen molar-refractivity contribution >= 4 is 29.5 Å². The number of carbonyl (C=O) groups is 1. The molecule has 0 atom stereocenters. The van der Waals surface area contributed by atoms with E-state index in [2.05, 4.69) is 20.6 Å². The zero-order valence-electron chi connectivity index (χ0n) is 9.61. The molecule has 6 heteroatoms. The highest BCUT2D eigenvalue weighted by atomic mass is 32.1. The van der Waals surface area contributed by atoms with E-state index in [0.29, 0.717) is 10.7 Å². The van der Waals surface area contributed by atoms with Gasteiger partial charge in [-0.3, -0.25) is 0 Å². The average molecular weight is 252 g/mol. The molecule has 3 N–H and O–H groups in total. The van der Waals surface area contributed by atoms with Gasteiger partial charge < -0.3 is 10.1 Å². The van der Waals surface area contributed by atoms with Gasteiger partial charge in [-0.2, -0.15) is 0 Å². The summed E-state index contributed by atoms with van der Waals surface area (Å²) in [6, 6.07) is 6.97. The molecule has 0 amide bonds. The summed E-state index contributed by atoms with van der Waals surface area (Å²) in [7, 11) is 3.08. The number of thiocarbonyl (C=S) groups is 1. The standard InChI is InChI=1S/C11H13N3O2S/c1-12-11(17)14-13-7-8-3-5-9(6-4-8)10(15)16-2/h3-7H,1-2H3,(H2,12,14,17)/p+1. The maximum atomic E-state index is 11.2. The number of methoxy groups -OCH3 is 1. The minimum absolute atomic E-state index is 0.348. The van der Waals surface area contributed by atoms with Crippen molar-refractivity contribution in [2.75, 3.05) is 14.2 Å². The Morgan fingerprint density at radius 3 is 2.59 bits per heavy atom. The number of hydrazine groups is 1. The third kappa shape index (κ3) is 4.20. The number of hydrogen-bond acceptors (Lipinski definition) is 3. The second-order valence-corrected chi connectivity index (χ2v) is 3.51. The van der Waals surface area contributed by atoms with Gasteiger partial charge in [0.1, 0.15) is 0 Å². The Kier molecular flexibility index (Phi) is 5.09. The maximum Gasteiger partial charge on any atom is 0.337 e. The molecule has 0 spiro atoms. The lowest BCUT2D eigenvalue weighted by Gasteiger charge is -1.98. The molecule has 1 aromatic carbocycles. The highest BCUT2D eigenvalue weighted by molar-refractivity contribution is 7.80. The van der Waals surface area contributed by atoms with Crippen molar-refractivity contribution in [1.82, 2.24) is 10.7 Å². The van der Waals surface area contributed by atoms with Crippen molar-refractivity contribution < 1.29 is 14.6 Å². The van der Waals surface area contributed by atoms with Crippen LogP contribution in [0, 0.1) is 0 Å². The van der Waals surface area contributed by atoms with Gasteiger partial charge in [0.05, 0.1) is 12.7 Å². The number of rotatable bonds is 3. The van der Waals surface area contributed by atoms with Gasteiger partial charge in [0.25, 0.3) is 0 Å². The van der Waals surface area contributed by atoms with Gasteiger partial charge >= 0.3 is 5.97 Å². The Morgan fingerprint density at radius 2 is 2.06 bits per heavy atom. The van der Waals surface area contributed by atoms with Crippen molar-refractivity contribution in [2.45, 2.75) is 0 Å². The minimum atomic E-state index is -0.348. The molecule has 0 saturated carbocycles. The molecule has 0 fully saturated rings. The quantitative estimate of drug-likeness (QED) is 0.278. The molecule has 0 aromatic heterocycles. The number of hydrazone groups is 1. The summed E-state index contributed by atoms with van der Waals surface area (Å²) in [5, 5.41) is 6.07. The molecule has 90 valence electrons. The number of carbonyl (C=O) groups excluding carboxylic acids is 1. The Hall–Kier alpha value is -1.95. The van der Waals surface area contributed by atoms with E-state index < -0.39 is 0 Å². The summed E-state index contributed by atoms with van der Waals surface area (Å²) >= 11 is 4.88. The lowest BCUT2D eigenvalue weighted by atomic mass is 10.1. The first-order chi connectivity index (χ1) is 8.17. The van der Waals surface area contributed by atoms with Gasteiger partial charge in [-0.15, -0.1) is 10.5 Å². The second-order valence-electron chi connectivity index (χ2n) is 3.11. The van der Waals surface area contributed by atoms with Gasteiger partial charge in [-0.1, -0.05) is 0 Å². The molecule has 0 saturated heterocycles. The highest BCUT2D eigenvalue weighted by Gasteiger charge is 2.03. The van der Waals surface area contributed by atoms with Crippen LogP contribution in [0.2, 0.25) is 0 Å². The number of nitrogens with one attached hydrogen (secondary N) is 3. The fourth-order valence-corrected chi connectivity index (χ4v) is 1.14. The molecule has 5 nitrogen and oxygen atoms in total. The van der Waals surface area contributed by atoms with Gasteiger partial charge in [0.15, 0.2) is 6.21 Å². The van der Waals surface area contributed by atoms with Crippen LogP contribution >= 0.6 is 12.2 Å². The summed E-state index contributed by atoms with van der Waals surface area (Å²) < 4.78 is 4.60. The van der Waals surface area contributed by atoms with E-state index in [0.717, 1.165) is 5.56 Å². The molecule has 1 aromatic rings. The molecular formula is C11H14N3O2S+. The lowest BCUT2D eigenvalue weighted by Crippen LogP contribution is -2.82. The summed E-state index contributed by atoms with van der Waals surface area (Å²) in [6.07, 6.45) is 1.73. The average Bonchev–Trinajstić information content (AvgIpc) is 2.38. The minimum Gasteiger partial charge on any atom is -0.465 e. The predicted octanol–water partition coefficient (Wildman–Crippen LogP) is -1.02. The fourth-order valence-electron chi connectivity index (χ4n) is 1.08. The largest absolute Gasteiger partial charge is 0.465 e. The topological polar surface area (TPSA) is 64.3 Å². The zero-order chi connectivity index (χ0) is 12.7. The van der Waals surface area contributed by atoms with Crippen LogP contribution in [-0.2, 0) is 4.74 Å². The van der Waals surface area contributed by atoms with Crippen LogP contribution in [0.3, 0.4) is 0 Å². The van der Waals surface area contributed by atoms with Crippen LogP contribution in [0.1, 0.15) is 15.9 Å². The predicted molar refractivity (Wildman–Crippen MR) is 68.7 cm³/mol. The van der Waals surface area contributed by atoms with Crippen molar-refractivity contribution in [3.63, 3.8) is 0 Å². The van der Waals surface area contributed by atoms with E-state index in [-0.39, 0.29) is 5.97 Å². The smallest absolute Gasteiger partial charge is 0.337 e. The number of ether oxygens (including phenoxy) is 1. The van der Waals surface area contributed by atoms with Crippen molar-refractivity contribution in [3.05, 3.63) is 35.4 Å². The van der Waals surface area contributed by atoms with Gasteiger partial charge in [0, 0.05) is 12.6 Å². The van der Waals surface area contributed by atoms with Crippen molar-refractivity contribution in [1.29, 1.82) is 0 Å². The summed E-state index contributed by atoms with van der Waals surface area (Å²) in [6.45, 7) is 0. The Bertz CT molecular complexity index is 429. The van der Waals surface area contributed by atoms with Crippen molar-refractivity contribution in [3.8, 4) is 0 Å². The number of esters is 1. The van der Waals surface area contributed by atoms with Crippen LogP contribution in [0.5, 0.6) is 0 Å². The first-order valence-electron chi connectivity index (χ1n) is 4.92. The number of benzene rings is 1. The molecule has 0 aliphatic carbocycles. The lowest BCUT2D eigenvalue weighted by molar-refractivity contribution is -0.500. The van der Waals surface area contributed by atoms with Gasteiger partial charge in [-0.05, 0) is 36.5 Å². The summed E-state index contributed by atoms with van der Waals surface area (Å²) in [4.78, 5) is 11.2. The second kappa shape index (κ2) is 6.59. The summed E-state index contributed by atoms with van der Waals surface area (Å²) in [5.41, 5.74) is 4.18. The van der Waals surface area contributed by atoms with Crippen LogP contribution in [0.15, 0.2) is 24.3 Å². The molecule has 17 heavy (non-hydrogen) atoms. The van der Waals surface area contributed by atoms with E-state index >= 15 is 0 Å². The number of hydrogen-bond donors (Lipinski definition) is 3. The Labute approximate surface area is 105 Å². The van der Waals surface area contributed by atoms with E-state index in [1.54, 1.807) is 37.5 Å². The van der Waals surface area contributed by atoms with Crippen LogP contribution < -0.4 is 15.8 Å². The normalized spacial score (nSPS) is 10.0. The van der Waals surface area contributed by atoms with Gasteiger partial charge in [-0.25, -0.2) is 4.79 Å². The summed E-state index contributed by atoms with van der Waals surface area (Å²) in [5.74, 6) is -0.348. The molecule has 1 rings (SSSR count). The zero-order valence-corrected chi connectivity index (χ0v) is 10.4. The van der Waals surface area contributed by atoms with Crippen LogP contribution in [-0.4, -0.2) is 31.5 Å². The first kappa shape index (κ1) is 13.1. The molecule has 0 radical (unpaired) electrons. The van der Waals surface area contributed by atoms with Gasteiger partial charge in [0.2, 0.25) is 5.11 Å².